The van der Waals surface area contributed by atoms with Crippen LogP contribution in [0.1, 0.15) is 20.8 Å². The lowest BCUT2D eigenvalue weighted by molar-refractivity contribution is -0.114. The fourth-order valence-corrected chi connectivity index (χ4v) is 3.38. The van der Waals surface area contributed by atoms with Crippen LogP contribution in [0, 0.1) is 0 Å². The molecule has 0 unspecified atom stereocenters. The SMILES string of the molecule is CC(C)(C)NS(=O)(=O)c1cccc(NC(=O)CSC(F)(F)F)c1. The van der Waals surface area contributed by atoms with Crippen LogP contribution in [0.4, 0.5) is 18.9 Å². The quantitative estimate of drug-likeness (QED) is 0.836. The van der Waals surface area contributed by atoms with Crippen LogP contribution >= 0.6 is 11.8 Å². The van der Waals surface area contributed by atoms with E-state index in [1.807, 2.05) is 0 Å². The molecule has 0 aliphatic rings. The summed E-state index contributed by atoms with van der Waals surface area (Å²) in [4.78, 5) is 11.4. The van der Waals surface area contributed by atoms with Gasteiger partial charge in [0.15, 0.2) is 0 Å². The molecule has 130 valence electrons. The minimum absolute atomic E-state index is 0.0892. The van der Waals surface area contributed by atoms with E-state index in [1.165, 1.54) is 24.3 Å². The van der Waals surface area contributed by atoms with Gasteiger partial charge in [-0.15, -0.1) is 0 Å². The summed E-state index contributed by atoms with van der Waals surface area (Å²) in [6.07, 6.45) is 0. The number of amides is 1. The number of hydrogen-bond acceptors (Lipinski definition) is 4. The van der Waals surface area contributed by atoms with Gasteiger partial charge >= 0.3 is 5.51 Å². The zero-order chi connectivity index (χ0) is 17.9. The van der Waals surface area contributed by atoms with Crippen molar-refractivity contribution in [3.63, 3.8) is 0 Å². The first-order valence-electron chi connectivity index (χ1n) is 6.43. The summed E-state index contributed by atoms with van der Waals surface area (Å²) in [6, 6.07) is 5.30. The molecule has 5 nitrogen and oxygen atoms in total. The van der Waals surface area contributed by atoms with Gasteiger partial charge in [-0.05, 0) is 50.7 Å². The lowest BCUT2D eigenvalue weighted by Crippen LogP contribution is -2.40. The molecule has 0 bridgehead atoms. The number of rotatable bonds is 5. The Morgan fingerprint density at radius 2 is 1.83 bits per heavy atom. The number of carbonyl (C=O) groups excluding carboxylic acids is 1. The molecule has 1 amide bonds. The highest BCUT2D eigenvalue weighted by molar-refractivity contribution is 8.00. The van der Waals surface area contributed by atoms with E-state index in [9.17, 15) is 26.4 Å². The fraction of sp³-hybridized carbons (Fsp3) is 0.462. The van der Waals surface area contributed by atoms with Gasteiger partial charge in [-0.3, -0.25) is 4.79 Å². The molecular formula is C13H17F3N2O3S2. The van der Waals surface area contributed by atoms with Crippen LogP contribution in [-0.4, -0.2) is 31.1 Å². The average Bonchev–Trinajstić information content (AvgIpc) is 2.33. The molecule has 0 atom stereocenters. The minimum Gasteiger partial charge on any atom is -0.325 e. The van der Waals surface area contributed by atoms with E-state index in [1.54, 1.807) is 20.8 Å². The third-order valence-corrected chi connectivity index (χ3v) is 4.73. The van der Waals surface area contributed by atoms with E-state index in [-0.39, 0.29) is 10.6 Å². The Labute approximate surface area is 137 Å². The summed E-state index contributed by atoms with van der Waals surface area (Å²) in [5, 5.41) is 2.24. The summed E-state index contributed by atoms with van der Waals surface area (Å²) < 4.78 is 62.9. The van der Waals surface area contributed by atoms with E-state index < -0.39 is 44.5 Å². The first-order valence-corrected chi connectivity index (χ1v) is 8.90. The molecule has 2 N–H and O–H groups in total. The minimum atomic E-state index is -4.50. The molecule has 0 aromatic heterocycles. The van der Waals surface area contributed by atoms with Crippen LogP contribution in [-0.2, 0) is 14.8 Å². The second kappa shape index (κ2) is 7.10. The number of nitrogens with one attached hydrogen (secondary N) is 2. The summed E-state index contributed by atoms with van der Waals surface area (Å²) in [5.74, 6) is -1.67. The monoisotopic (exact) mass is 370 g/mol. The number of hydrogen-bond donors (Lipinski definition) is 2. The van der Waals surface area contributed by atoms with Crippen molar-refractivity contribution in [3.05, 3.63) is 24.3 Å². The number of benzene rings is 1. The predicted octanol–water partition coefficient (Wildman–Crippen LogP) is 2.95. The van der Waals surface area contributed by atoms with Crippen molar-refractivity contribution >= 4 is 33.4 Å². The van der Waals surface area contributed by atoms with Crippen molar-refractivity contribution in [2.45, 2.75) is 36.7 Å². The molecule has 0 saturated heterocycles. The smallest absolute Gasteiger partial charge is 0.325 e. The molecule has 0 aliphatic carbocycles. The van der Waals surface area contributed by atoms with E-state index in [4.69, 9.17) is 0 Å². The highest BCUT2D eigenvalue weighted by Crippen LogP contribution is 2.30. The van der Waals surface area contributed by atoms with Crippen molar-refractivity contribution in [1.82, 2.24) is 4.72 Å². The maximum absolute atomic E-state index is 12.2. The lowest BCUT2D eigenvalue weighted by Gasteiger charge is -2.20. The summed E-state index contributed by atoms with van der Waals surface area (Å²) in [6.45, 7) is 5.01. The molecule has 1 rings (SSSR count). The predicted molar refractivity (Wildman–Crippen MR) is 83.7 cm³/mol. The number of carbonyl (C=O) groups is 1. The van der Waals surface area contributed by atoms with Crippen LogP contribution < -0.4 is 10.0 Å². The first-order chi connectivity index (χ1) is 10.3. The van der Waals surface area contributed by atoms with Gasteiger partial charge in [0.25, 0.3) is 0 Å². The Kier molecular flexibility index (Phi) is 6.11. The Hall–Kier alpha value is -1.26. The normalized spacial score (nSPS) is 13.0. The summed E-state index contributed by atoms with van der Waals surface area (Å²) in [7, 11) is -3.80. The van der Waals surface area contributed by atoms with Crippen molar-refractivity contribution in [1.29, 1.82) is 0 Å². The van der Waals surface area contributed by atoms with Crippen LogP contribution in [0.25, 0.3) is 0 Å². The van der Waals surface area contributed by atoms with Gasteiger partial charge in [-0.25, -0.2) is 13.1 Å². The molecule has 0 radical (unpaired) electrons. The molecule has 1 aromatic rings. The third kappa shape index (κ3) is 7.71. The van der Waals surface area contributed by atoms with Crippen LogP contribution in [0.2, 0.25) is 0 Å². The number of halogens is 3. The van der Waals surface area contributed by atoms with Crippen molar-refractivity contribution < 1.29 is 26.4 Å². The molecule has 0 aliphatic heterocycles. The highest BCUT2D eigenvalue weighted by Gasteiger charge is 2.29. The molecule has 0 spiro atoms. The summed E-state index contributed by atoms with van der Waals surface area (Å²) >= 11 is -0.464. The zero-order valence-electron chi connectivity index (χ0n) is 12.7. The number of anilines is 1. The standard InChI is InChI=1S/C13H17F3N2O3S2/c1-12(2,3)18-23(20,21)10-6-4-5-9(7-10)17-11(19)8-22-13(14,15)16/h4-7,18H,8H2,1-3H3,(H,17,19). The van der Waals surface area contributed by atoms with E-state index in [0.717, 1.165) is 0 Å². The zero-order valence-corrected chi connectivity index (χ0v) is 14.3. The molecule has 10 heteroatoms. The number of sulfonamides is 1. The van der Waals surface area contributed by atoms with Crippen molar-refractivity contribution in [2.24, 2.45) is 0 Å². The van der Waals surface area contributed by atoms with Crippen molar-refractivity contribution in [3.8, 4) is 0 Å². The van der Waals surface area contributed by atoms with E-state index in [0.29, 0.717) is 0 Å². The topological polar surface area (TPSA) is 75.3 Å². The Balaban J connectivity index is 2.83. The Bertz CT molecular complexity index is 668. The summed E-state index contributed by atoms with van der Waals surface area (Å²) in [5.41, 5.74) is -5.09. The lowest BCUT2D eigenvalue weighted by atomic mass is 10.1. The van der Waals surface area contributed by atoms with Crippen LogP contribution in [0.3, 0.4) is 0 Å². The molecule has 23 heavy (non-hydrogen) atoms. The van der Waals surface area contributed by atoms with Gasteiger partial charge < -0.3 is 5.32 Å². The van der Waals surface area contributed by atoms with Gasteiger partial charge in [-0.1, -0.05) is 6.07 Å². The maximum atomic E-state index is 12.2. The Morgan fingerprint density at radius 1 is 1.22 bits per heavy atom. The van der Waals surface area contributed by atoms with Gasteiger partial charge in [0, 0.05) is 11.2 Å². The maximum Gasteiger partial charge on any atom is 0.442 e. The highest BCUT2D eigenvalue weighted by atomic mass is 32.2. The van der Waals surface area contributed by atoms with E-state index in [2.05, 4.69) is 10.0 Å². The average molecular weight is 370 g/mol. The van der Waals surface area contributed by atoms with Gasteiger partial charge in [0.05, 0.1) is 10.6 Å². The molecule has 0 heterocycles. The first kappa shape index (κ1) is 19.8. The molecule has 0 saturated carbocycles. The third-order valence-electron chi connectivity index (χ3n) is 2.24. The number of alkyl halides is 3. The molecular weight excluding hydrogens is 353 g/mol. The van der Waals surface area contributed by atoms with E-state index >= 15 is 0 Å². The molecule has 0 fully saturated rings. The fourth-order valence-electron chi connectivity index (χ4n) is 1.55. The van der Waals surface area contributed by atoms with Crippen LogP contribution in [0.15, 0.2) is 29.2 Å². The second-order valence-corrected chi connectivity index (χ2v) is 8.39. The number of thioether (sulfide) groups is 1. The van der Waals surface area contributed by atoms with Crippen LogP contribution in [0.5, 0.6) is 0 Å². The van der Waals surface area contributed by atoms with Gasteiger partial charge in [0.1, 0.15) is 0 Å². The second-order valence-electron chi connectivity index (χ2n) is 5.67. The largest absolute Gasteiger partial charge is 0.442 e. The van der Waals surface area contributed by atoms with Gasteiger partial charge in [-0.2, -0.15) is 13.2 Å². The Morgan fingerprint density at radius 3 is 2.35 bits per heavy atom. The van der Waals surface area contributed by atoms with Gasteiger partial charge in [0.2, 0.25) is 15.9 Å². The molecule has 1 aromatic carbocycles. The van der Waals surface area contributed by atoms with Crippen molar-refractivity contribution in [2.75, 3.05) is 11.1 Å².